The molecule has 1 saturated carbocycles. The van der Waals surface area contributed by atoms with E-state index >= 15 is 0 Å². The van der Waals surface area contributed by atoms with E-state index in [1.807, 2.05) is 0 Å². The number of aliphatic hydroxyl groups is 4. The zero-order valence-corrected chi connectivity index (χ0v) is 34.8. The Labute approximate surface area is 358 Å². The van der Waals surface area contributed by atoms with E-state index in [0.29, 0.717) is 33.0 Å². The summed E-state index contributed by atoms with van der Waals surface area (Å²) < 4.78 is 82.5. The van der Waals surface area contributed by atoms with Crippen LogP contribution in [0.15, 0.2) is 71.1 Å². The van der Waals surface area contributed by atoms with Crippen LogP contribution in [0.2, 0.25) is 0 Å². The topological polar surface area (TPSA) is 338 Å². The van der Waals surface area contributed by atoms with Gasteiger partial charge in [0.25, 0.3) is 20.2 Å². The van der Waals surface area contributed by atoms with Crippen molar-refractivity contribution in [1.29, 1.82) is 0 Å². The van der Waals surface area contributed by atoms with Gasteiger partial charge in [0.1, 0.15) is 55.8 Å². The molecule has 2 aliphatic carbocycles. The van der Waals surface area contributed by atoms with Crippen molar-refractivity contribution in [3.05, 3.63) is 87.8 Å². The number of anilines is 1. The third-order valence-electron chi connectivity index (χ3n) is 10.3. The number of carbonyl (C=O) groups excluding carboxylic acids is 2. The van der Waals surface area contributed by atoms with Gasteiger partial charge in [-0.05, 0) is 24.1 Å². The zero-order chi connectivity index (χ0) is 45.6. The number of carbonyl (C=O) groups is 2. The van der Waals surface area contributed by atoms with E-state index in [2.05, 4.69) is 10.6 Å². The van der Waals surface area contributed by atoms with Crippen LogP contribution in [-0.4, -0.2) is 130 Å². The smallest absolute Gasteiger partial charge is 0.407 e. The van der Waals surface area contributed by atoms with Crippen molar-refractivity contribution in [1.82, 2.24) is 14.9 Å². The van der Waals surface area contributed by atoms with Gasteiger partial charge in [0.15, 0.2) is 17.1 Å². The van der Waals surface area contributed by atoms with Crippen molar-refractivity contribution in [2.75, 3.05) is 43.1 Å². The number of alkyl carbamates (subject to hydrolysis) is 1. The van der Waals surface area contributed by atoms with Crippen LogP contribution >= 0.6 is 0 Å². The maximum Gasteiger partial charge on any atom is 0.407 e. The van der Waals surface area contributed by atoms with Crippen LogP contribution in [0.1, 0.15) is 24.8 Å². The van der Waals surface area contributed by atoms with E-state index in [4.69, 9.17) is 18.9 Å². The van der Waals surface area contributed by atoms with E-state index in [1.54, 1.807) is 47.0 Å². The summed E-state index contributed by atoms with van der Waals surface area (Å²) in [6.45, 7) is -1.33. The van der Waals surface area contributed by atoms with Crippen LogP contribution in [0.4, 0.5) is 16.2 Å². The van der Waals surface area contributed by atoms with Crippen LogP contribution in [0.25, 0.3) is 33.3 Å². The largest absolute Gasteiger partial charge is 0.481 e. The Hall–Kier alpha value is -5.86. The maximum atomic E-state index is 13.1. The quantitative estimate of drug-likeness (QED) is 0.0161. The van der Waals surface area contributed by atoms with Crippen LogP contribution in [0, 0.1) is 16.0 Å². The van der Waals surface area contributed by atoms with E-state index in [9.17, 15) is 66.1 Å². The molecule has 0 radical (unpaired) electrons. The molecule has 1 heterocycles. The number of fused-ring (bicyclic) bond motifs is 4. The van der Waals surface area contributed by atoms with E-state index in [-0.39, 0.29) is 55.0 Å². The van der Waals surface area contributed by atoms with Gasteiger partial charge in [0.05, 0.1) is 34.3 Å². The molecule has 22 nitrogen and oxygen atoms in total. The number of hydrogen-bond acceptors (Lipinski definition) is 16. The Morgan fingerprint density at radius 3 is 2.22 bits per heavy atom. The molecule has 1 fully saturated rings. The molecule has 0 bridgehead atoms. The minimum Gasteiger partial charge on any atom is -0.481 e. The lowest BCUT2D eigenvalue weighted by atomic mass is 9.81. The number of ether oxygens (including phenoxy) is 2. The number of rotatable bonds is 17. The fraction of sp³-hybridized carbons (Fsp3) is 0.385. The van der Waals surface area contributed by atoms with E-state index in [1.165, 1.54) is 18.2 Å². The van der Waals surface area contributed by atoms with Gasteiger partial charge in [-0.1, -0.05) is 30.3 Å². The van der Waals surface area contributed by atoms with Gasteiger partial charge in [0, 0.05) is 54.3 Å². The molecule has 8 N–H and O–H groups in total. The number of nitrogens with zero attached hydrogens (tertiary/aromatic N) is 3. The van der Waals surface area contributed by atoms with Crippen molar-refractivity contribution in [3.63, 3.8) is 0 Å². The first kappa shape index (κ1) is 46.6. The Kier molecular flexibility index (Phi) is 14.6. The number of aromatic nitrogens is 1. The molecular formula is C39H44N5O17S2+. The molecule has 63 heavy (non-hydrogen) atoms. The first-order valence-corrected chi connectivity index (χ1v) is 22.6. The summed E-state index contributed by atoms with van der Waals surface area (Å²) in [5.41, 5.74) is 1.05. The average Bonchev–Trinajstić information content (AvgIpc) is 3.23. The molecule has 3 aliphatic rings. The lowest BCUT2D eigenvalue weighted by Crippen LogP contribution is -2.56. The number of hydrogen-bond donors (Lipinski definition) is 8. The summed E-state index contributed by atoms with van der Waals surface area (Å²) in [4.78, 5) is 41.6. The van der Waals surface area contributed by atoms with Crippen LogP contribution in [0.5, 0.6) is 5.75 Å². The van der Waals surface area contributed by atoms with Gasteiger partial charge in [0.2, 0.25) is 11.3 Å². The van der Waals surface area contributed by atoms with Crippen LogP contribution in [0.3, 0.4) is 0 Å². The summed E-state index contributed by atoms with van der Waals surface area (Å²) in [7, 11) is -8.52. The van der Waals surface area contributed by atoms with E-state index < -0.39 is 104 Å². The van der Waals surface area contributed by atoms with Gasteiger partial charge < -0.3 is 45.0 Å². The van der Waals surface area contributed by atoms with Crippen molar-refractivity contribution < 1.29 is 74.8 Å². The summed E-state index contributed by atoms with van der Waals surface area (Å²) >= 11 is 0. The maximum absolute atomic E-state index is 13.1. The standard InChI is InChI=1S/C39H43N5O17S2/c45-20-23-16-33(37(48)38(49)36(23)47)60-30-10-7-22(15-29(30)44(51)52)21-59-39(50)40-19-34(46)41-28-18-32-35(26-6-2-1-5-25(26)28)42-27-9-8-24(17-31(27)61-32)43(11-3-13-62(53,54)55)12-4-14-63(56,57)58/h1-2,5-10,15,17-18,23,33,36-38,45,47-49H,3-4,11-14,16,19-21H2,(H3,40,50,53,54,55,56,57,58)/p+1/t23?,33?,36?,37-,38-/m1/s1. The molecule has 0 spiro atoms. The summed E-state index contributed by atoms with van der Waals surface area (Å²) in [6.07, 6.45) is -6.99. The molecule has 24 heteroatoms. The lowest BCUT2D eigenvalue weighted by Gasteiger charge is -2.39. The van der Waals surface area contributed by atoms with Gasteiger partial charge >= 0.3 is 11.8 Å². The Balaban J connectivity index is 1.14. The number of nitro benzene ring substituents is 1. The lowest BCUT2D eigenvalue weighted by molar-refractivity contribution is -0.386. The van der Waals surface area contributed by atoms with Crippen LogP contribution < -0.4 is 25.3 Å². The predicted molar refractivity (Wildman–Crippen MR) is 223 cm³/mol. The second kappa shape index (κ2) is 19.7. The first-order valence-electron chi connectivity index (χ1n) is 19.3. The van der Waals surface area contributed by atoms with Gasteiger partial charge in [-0.15, -0.1) is 0 Å². The third-order valence-corrected chi connectivity index (χ3v) is 11.9. The van der Waals surface area contributed by atoms with Crippen molar-refractivity contribution >= 4 is 65.5 Å². The SMILES string of the molecule is O=C(CNC(=O)OCc1ccc(OC2CC(CO)C(O)[C@@H](O)[C@@H]2O)c([N+](=O)[O-])c1)Nc1cc2oc3cc(=[N+](CCCS(=O)(=O)O)CCCS(=O)(=O)O)ccc-3nc2c2ccccc12. The van der Waals surface area contributed by atoms with Crippen LogP contribution in [-0.2, 0) is 36.4 Å². The highest BCUT2D eigenvalue weighted by molar-refractivity contribution is 7.86. The fourth-order valence-electron chi connectivity index (χ4n) is 7.17. The van der Waals surface area contributed by atoms with Gasteiger partial charge in [-0.3, -0.25) is 24.0 Å². The molecule has 1 aliphatic heterocycles. The second-order valence-corrected chi connectivity index (χ2v) is 17.9. The molecule has 5 atom stereocenters. The van der Waals surface area contributed by atoms with Crippen molar-refractivity contribution in [3.8, 4) is 17.2 Å². The first-order chi connectivity index (χ1) is 29.8. The summed E-state index contributed by atoms with van der Waals surface area (Å²) in [6, 6.07) is 17.1. The van der Waals surface area contributed by atoms with Gasteiger partial charge in [-0.2, -0.15) is 16.8 Å². The number of amides is 2. The van der Waals surface area contributed by atoms with Crippen molar-refractivity contribution in [2.24, 2.45) is 5.92 Å². The molecule has 3 unspecified atom stereocenters. The van der Waals surface area contributed by atoms with Gasteiger partial charge in [-0.25, -0.2) is 14.4 Å². The molecule has 0 aromatic heterocycles. The normalized spacial score (nSPS) is 19.2. The number of benzene rings is 4. The predicted octanol–water partition coefficient (Wildman–Crippen LogP) is 1.03. The number of nitrogens with one attached hydrogen (secondary N) is 2. The highest BCUT2D eigenvalue weighted by Crippen LogP contribution is 2.35. The average molecular weight is 919 g/mol. The Morgan fingerprint density at radius 1 is 0.889 bits per heavy atom. The zero-order valence-electron chi connectivity index (χ0n) is 33.1. The molecule has 2 amide bonds. The second-order valence-electron chi connectivity index (χ2n) is 14.8. The monoisotopic (exact) mass is 918 g/mol. The Morgan fingerprint density at radius 2 is 1.57 bits per heavy atom. The fourth-order valence-corrected chi connectivity index (χ4v) is 8.16. The van der Waals surface area contributed by atoms with Crippen molar-refractivity contribution in [2.45, 2.75) is 50.3 Å². The molecule has 338 valence electrons. The molecule has 3 aromatic carbocycles. The Bertz CT molecular complexity index is 2740. The number of aliphatic hydroxyl groups excluding tert-OH is 4. The molecule has 6 rings (SSSR count). The highest BCUT2D eigenvalue weighted by atomic mass is 32.2. The minimum atomic E-state index is -4.26. The summed E-state index contributed by atoms with van der Waals surface area (Å²) in [5.74, 6) is -2.58. The highest BCUT2D eigenvalue weighted by Gasteiger charge is 2.44. The molecule has 0 saturated heterocycles. The summed E-state index contributed by atoms with van der Waals surface area (Å²) in [5, 5.41) is 58.7. The third kappa shape index (κ3) is 12.0. The molecule has 3 aromatic rings. The minimum absolute atomic E-state index is 0.00881. The molecular weight excluding hydrogens is 875 g/mol. The van der Waals surface area contributed by atoms with E-state index in [0.717, 1.165) is 6.07 Å². The number of nitro groups is 1.